The van der Waals surface area contributed by atoms with Gasteiger partial charge in [-0.1, -0.05) is 6.58 Å². The van der Waals surface area contributed by atoms with Gasteiger partial charge in [0.05, 0.1) is 5.56 Å². The van der Waals surface area contributed by atoms with E-state index in [0.717, 1.165) is 12.1 Å². The number of hydrogen-bond acceptors (Lipinski definition) is 1. The molecule has 1 radical (unpaired) electrons. The molecule has 2 nitrogen and oxygen atoms in total. The maximum Gasteiger partial charge on any atom is 0.251 e. The highest BCUT2D eigenvalue weighted by atomic mass is 19.1. The fourth-order valence-electron chi connectivity index (χ4n) is 0.897. The molecule has 1 aromatic rings. The van der Waals surface area contributed by atoms with Crippen molar-refractivity contribution in [3.63, 3.8) is 0 Å². The number of hydrogen-bond donors (Lipinski definition) is 1. The molecule has 0 spiro atoms. The second kappa shape index (κ2) is 3.35. The van der Waals surface area contributed by atoms with Gasteiger partial charge in [-0.15, -0.1) is 0 Å². The molecule has 1 rings (SSSR count). The minimum Gasteiger partial charge on any atom is -0.366 e. The van der Waals surface area contributed by atoms with Crippen molar-refractivity contribution in [1.82, 2.24) is 0 Å². The Morgan fingerprint density at radius 3 is 2.54 bits per heavy atom. The number of nitrogens with two attached hydrogens (primary N) is 1. The van der Waals surface area contributed by atoms with E-state index in [-0.39, 0.29) is 5.56 Å². The minimum atomic E-state index is -1.02. The van der Waals surface area contributed by atoms with E-state index in [9.17, 15) is 13.6 Å². The SMILES string of the molecule is C=[C]c1cc(F)cc(C(N)=O)c1F. The highest BCUT2D eigenvalue weighted by Gasteiger charge is 2.13. The Labute approximate surface area is 73.7 Å². The molecule has 0 aliphatic carbocycles. The van der Waals surface area contributed by atoms with Crippen LogP contribution in [0.4, 0.5) is 8.78 Å². The number of halogens is 2. The number of primary amides is 1. The molecule has 67 valence electrons. The van der Waals surface area contributed by atoms with E-state index in [1.54, 1.807) is 0 Å². The third-order valence-electron chi connectivity index (χ3n) is 1.49. The second-order valence-corrected chi connectivity index (χ2v) is 2.36. The van der Waals surface area contributed by atoms with Gasteiger partial charge in [0.15, 0.2) is 0 Å². The molecular weight excluding hydrogens is 176 g/mol. The predicted molar refractivity (Wildman–Crippen MR) is 42.8 cm³/mol. The van der Waals surface area contributed by atoms with Crippen LogP contribution in [0.2, 0.25) is 0 Å². The summed E-state index contributed by atoms with van der Waals surface area (Å²) in [6.07, 6.45) is 2.16. The van der Waals surface area contributed by atoms with Crippen LogP contribution in [0.5, 0.6) is 0 Å². The molecule has 0 aromatic heterocycles. The van der Waals surface area contributed by atoms with Crippen LogP contribution in [0, 0.1) is 17.7 Å². The molecule has 1 amide bonds. The van der Waals surface area contributed by atoms with Gasteiger partial charge >= 0.3 is 0 Å². The molecule has 0 atom stereocenters. The lowest BCUT2D eigenvalue weighted by atomic mass is 10.1. The van der Waals surface area contributed by atoms with Gasteiger partial charge < -0.3 is 5.73 Å². The van der Waals surface area contributed by atoms with Crippen LogP contribution < -0.4 is 5.73 Å². The van der Waals surface area contributed by atoms with E-state index in [0.29, 0.717) is 0 Å². The highest BCUT2D eigenvalue weighted by Crippen LogP contribution is 2.14. The van der Waals surface area contributed by atoms with E-state index < -0.39 is 23.1 Å². The lowest BCUT2D eigenvalue weighted by Gasteiger charge is -2.01. The van der Waals surface area contributed by atoms with Crippen LogP contribution >= 0.6 is 0 Å². The van der Waals surface area contributed by atoms with Crippen LogP contribution in [0.1, 0.15) is 15.9 Å². The van der Waals surface area contributed by atoms with Gasteiger partial charge in [-0.25, -0.2) is 8.78 Å². The Kier molecular flexibility index (Phi) is 2.41. The molecular formula is C9H6F2NO. The first kappa shape index (κ1) is 9.38. The molecule has 13 heavy (non-hydrogen) atoms. The van der Waals surface area contributed by atoms with Gasteiger partial charge in [0.2, 0.25) is 0 Å². The number of carbonyl (C=O) groups is 1. The first-order valence-electron chi connectivity index (χ1n) is 3.38. The summed E-state index contributed by atoms with van der Waals surface area (Å²) in [5.41, 5.74) is 4.12. The normalized spacial score (nSPS) is 9.69. The summed E-state index contributed by atoms with van der Waals surface area (Å²) in [4.78, 5) is 10.6. The van der Waals surface area contributed by atoms with E-state index in [2.05, 4.69) is 12.7 Å². The third kappa shape index (κ3) is 1.72. The molecule has 0 heterocycles. The van der Waals surface area contributed by atoms with Gasteiger partial charge in [0, 0.05) is 5.56 Å². The van der Waals surface area contributed by atoms with Gasteiger partial charge in [-0.2, -0.15) is 0 Å². The fourth-order valence-corrected chi connectivity index (χ4v) is 0.897. The standard InChI is InChI=1S/C9H6F2NO/c1-2-5-3-6(10)4-7(8(5)11)9(12)13/h3-4H,1H2,(H2,12,13). The minimum absolute atomic E-state index is 0.200. The number of amides is 1. The molecule has 0 bridgehead atoms. The van der Waals surface area contributed by atoms with Gasteiger partial charge in [-0.05, 0) is 18.2 Å². The molecule has 0 saturated heterocycles. The summed E-state index contributed by atoms with van der Waals surface area (Å²) in [7, 11) is 0. The molecule has 0 fully saturated rings. The summed E-state index contributed by atoms with van der Waals surface area (Å²) in [6.45, 7) is 3.15. The topological polar surface area (TPSA) is 43.1 Å². The van der Waals surface area contributed by atoms with Crippen molar-refractivity contribution in [2.24, 2.45) is 5.73 Å². The van der Waals surface area contributed by atoms with Crippen molar-refractivity contribution in [3.8, 4) is 0 Å². The second-order valence-electron chi connectivity index (χ2n) is 2.36. The Morgan fingerprint density at radius 2 is 2.08 bits per heavy atom. The zero-order valence-corrected chi connectivity index (χ0v) is 6.60. The summed E-state index contributed by atoms with van der Waals surface area (Å²) in [6, 6.07) is 1.62. The van der Waals surface area contributed by atoms with Crippen molar-refractivity contribution < 1.29 is 13.6 Å². The zero-order chi connectivity index (χ0) is 10.0. The van der Waals surface area contributed by atoms with Crippen LogP contribution in [0.25, 0.3) is 0 Å². The molecule has 0 aliphatic rings. The van der Waals surface area contributed by atoms with Crippen molar-refractivity contribution in [1.29, 1.82) is 0 Å². The third-order valence-corrected chi connectivity index (χ3v) is 1.49. The largest absolute Gasteiger partial charge is 0.366 e. The summed E-state index contributed by atoms with van der Waals surface area (Å²) < 4.78 is 25.8. The maximum absolute atomic E-state index is 13.1. The van der Waals surface area contributed by atoms with E-state index in [1.165, 1.54) is 0 Å². The van der Waals surface area contributed by atoms with Crippen molar-refractivity contribution >= 4 is 5.91 Å². The average molecular weight is 182 g/mol. The predicted octanol–water partition coefficient (Wildman–Crippen LogP) is 1.40. The Bertz CT molecular complexity index is 374. The lowest BCUT2D eigenvalue weighted by Crippen LogP contribution is -2.14. The smallest absolute Gasteiger partial charge is 0.251 e. The first-order chi connectivity index (χ1) is 6.06. The van der Waals surface area contributed by atoms with Crippen molar-refractivity contribution in [3.05, 3.63) is 47.5 Å². The van der Waals surface area contributed by atoms with E-state index in [4.69, 9.17) is 5.73 Å². The average Bonchev–Trinajstić information content (AvgIpc) is 2.08. The van der Waals surface area contributed by atoms with Crippen LogP contribution in [0.3, 0.4) is 0 Å². The quantitative estimate of drug-likeness (QED) is 0.738. The maximum atomic E-state index is 13.1. The molecule has 0 aliphatic heterocycles. The summed E-state index contributed by atoms with van der Waals surface area (Å²) >= 11 is 0. The van der Waals surface area contributed by atoms with E-state index >= 15 is 0 Å². The monoisotopic (exact) mass is 182 g/mol. The fraction of sp³-hybridized carbons (Fsp3) is 0. The van der Waals surface area contributed by atoms with Crippen LogP contribution in [-0.2, 0) is 0 Å². The first-order valence-corrected chi connectivity index (χ1v) is 3.38. The van der Waals surface area contributed by atoms with Gasteiger partial charge in [-0.3, -0.25) is 4.79 Å². The number of carbonyl (C=O) groups excluding carboxylic acids is 1. The Hall–Kier alpha value is -1.71. The molecule has 2 N–H and O–H groups in total. The molecule has 0 saturated carbocycles. The highest BCUT2D eigenvalue weighted by molar-refractivity contribution is 5.93. The summed E-state index contributed by atoms with van der Waals surface area (Å²) in [5.74, 6) is -2.67. The van der Waals surface area contributed by atoms with Crippen LogP contribution in [0.15, 0.2) is 18.7 Å². The molecule has 1 aromatic carbocycles. The van der Waals surface area contributed by atoms with Crippen molar-refractivity contribution in [2.45, 2.75) is 0 Å². The molecule has 0 unspecified atom stereocenters. The lowest BCUT2D eigenvalue weighted by molar-refractivity contribution is 0.0996. The summed E-state index contributed by atoms with van der Waals surface area (Å²) in [5, 5.41) is 0. The van der Waals surface area contributed by atoms with Crippen LogP contribution in [-0.4, -0.2) is 5.91 Å². The number of rotatable bonds is 2. The Morgan fingerprint density at radius 1 is 1.46 bits per heavy atom. The molecule has 4 heteroatoms. The van der Waals surface area contributed by atoms with Gasteiger partial charge in [0.25, 0.3) is 5.91 Å². The zero-order valence-electron chi connectivity index (χ0n) is 6.60. The van der Waals surface area contributed by atoms with E-state index in [1.807, 2.05) is 0 Å². The number of benzene rings is 1. The van der Waals surface area contributed by atoms with Crippen molar-refractivity contribution in [2.75, 3.05) is 0 Å². The Balaban J connectivity index is 3.44. The van der Waals surface area contributed by atoms with Gasteiger partial charge in [0.1, 0.15) is 11.6 Å².